The summed E-state index contributed by atoms with van der Waals surface area (Å²) in [6.45, 7) is 0.419. The maximum atomic E-state index is 12.9. The van der Waals surface area contributed by atoms with Crippen LogP contribution >= 0.6 is 46.3 Å². The number of carbonyl (C=O) groups excluding carboxylic acids is 2. The fraction of sp³-hybridized carbons (Fsp3) is 0.200. The summed E-state index contributed by atoms with van der Waals surface area (Å²) in [5.41, 5.74) is 1.47. The van der Waals surface area contributed by atoms with Crippen LogP contribution in [0.25, 0.3) is 6.08 Å². The fourth-order valence-corrected chi connectivity index (χ4v) is 5.07. The minimum Gasteiger partial charge on any atom is -0.493 e. The third kappa shape index (κ3) is 7.93. The number of benzene rings is 2. The van der Waals surface area contributed by atoms with Gasteiger partial charge in [0, 0.05) is 38.5 Å². The van der Waals surface area contributed by atoms with E-state index >= 15 is 0 Å². The Morgan fingerprint density at radius 2 is 1.86 bits per heavy atom. The lowest BCUT2D eigenvalue weighted by molar-refractivity contribution is -0.117. The van der Waals surface area contributed by atoms with E-state index in [-0.39, 0.29) is 11.6 Å². The molecule has 184 valence electrons. The summed E-state index contributed by atoms with van der Waals surface area (Å²) >= 11 is 15.2. The molecule has 0 bridgehead atoms. The van der Waals surface area contributed by atoms with Crippen LogP contribution in [0.15, 0.2) is 59.6 Å². The van der Waals surface area contributed by atoms with Crippen LogP contribution in [0.2, 0.25) is 10.0 Å². The molecule has 3 rings (SSSR count). The summed E-state index contributed by atoms with van der Waals surface area (Å²) in [6, 6.07) is 14.0. The average molecular weight is 552 g/mol. The predicted molar refractivity (Wildman–Crippen MR) is 145 cm³/mol. The molecule has 2 N–H and O–H groups in total. The molecule has 0 aliphatic carbocycles. The monoisotopic (exact) mass is 550 g/mol. The maximum Gasteiger partial charge on any atom is 0.267 e. The maximum absolute atomic E-state index is 12.9. The number of nitrogens with one attached hydrogen (secondary N) is 2. The molecule has 2 amide bonds. The lowest BCUT2D eigenvalue weighted by Crippen LogP contribution is -2.35. The first-order chi connectivity index (χ1) is 16.9. The van der Waals surface area contributed by atoms with Gasteiger partial charge in [-0.15, -0.1) is 11.3 Å². The predicted octanol–water partition coefficient (Wildman–Crippen LogP) is 5.89. The molecule has 0 aliphatic rings. The van der Waals surface area contributed by atoms with Crippen molar-refractivity contribution in [1.82, 2.24) is 10.6 Å². The number of halogens is 2. The van der Waals surface area contributed by atoms with Crippen LogP contribution in [-0.4, -0.2) is 38.3 Å². The van der Waals surface area contributed by atoms with Crippen LogP contribution in [0.5, 0.6) is 11.5 Å². The highest BCUT2D eigenvalue weighted by Gasteiger charge is 2.16. The molecule has 0 unspecified atom stereocenters. The zero-order chi connectivity index (χ0) is 25.2. The number of ether oxygens (including phenoxy) is 2. The van der Waals surface area contributed by atoms with Gasteiger partial charge in [-0.25, -0.2) is 0 Å². The van der Waals surface area contributed by atoms with E-state index in [4.69, 9.17) is 32.7 Å². The van der Waals surface area contributed by atoms with Crippen molar-refractivity contribution < 1.29 is 19.1 Å². The topological polar surface area (TPSA) is 76.7 Å². The van der Waals surface area contributed by atoms with E-state index in [1.165, 1.54) is 25.6 Å². The lowest BCUT2D eigenvalue weighted by Gasteiger charge is -2.13. The van der Waals surface area contributed by atoms with Gasteiger partial charge in [0.2, 0.25) is 0 Å². The first-order valence-corrected chi connectivity index (χ1v) is 13.3. The summed E-state index contributed by atoms with van der Waals surface area (Å²) in [7, 11) is 3.01. The summed E-state index contributed by atoms with van der Waals surface area (Å²) in [4.78, 5) is 26.6. The van der Waals surface area contributed by atoms with Gasteiger partial charge >= 0.3 is 0 Å². The van der Waals surface area contributed by atoms with E-state index in [1.54, 1.807) is 48.2 Å². The summed E-state index contributed by atoms with van der Waals surface area (Å²) < 4.78 is 10.5. The Hall–Kier alpha value is -2.65. The molecule has 0 radical (unpaired) electrons. The van der Waals surface area contributed by atoms with Crippen molar-refractivity contribution in [2.24, 2.45) is 0 Å². The van der Waals surface area contributed by atoms with Gasteiger partial charge in [-0.05, 0) is 53.4 Å². The number of methoxy groups -OCH3 is 2. The second-order valence-electron chi connectivity index (χ2n) is 7.14. The fourth-order valence-electron chi connectivity index (χ4n) is 3.00. The zero-order valence-electron chi connectivity index (χ0n) is 19.1. The first-order valence-electron chi connectivity index (χ1n) is 10.5. The Morgan fingerprint density at radius 3 is 2.54 bits per heavy atom. The van der Waals surface area contributed by atoms with Gasteiger partial charge in [0.1, 0.15) is 5.70 Å². The Morgan fingerprint density at radius 1 is 1.06 bits per heavy atom. The summed E-state index contributed by atoms with van der Waals surface area (Å²) in [5, 5.41) is 8.70. The molecular weight excluding hydrogens is 527 g/mol. The van der Waals surface area contributed by atoms with Gasteiger partial charge in [0.05, 0.1) is 14.2 Å². The van der Waals surface area contributed by atoms with E-state index in [1.807, 2.05) is 23.6 Å². The second-order valence-corrected chi connectivity index (χ2v) is 10.1. The normalized spacial score (nSPS) is 11.1. The second kappa shape index (κ2) is 13.4. The molecule has 0 aliphatic heterocycles. The Labute approximate surface area is 222 Å². The molecule has 1 aromatic heterocycles. The standard InChI is InChI=1S/C25H24Cl2N2O4S2/c1-32-22-8-6-16(12-23(22)33-2)24(30)29-21(14-19-4-3-10-35-19)25(31)28-9-11-34-15-17-5-7-18(26)13-20(17)27/h3-8,10,12-14H,9,11,15H2,1-2H3,(H,28,31)(H,29,30)/b21-14-. The van der Waals surface area contributed by atoms with Crippen LogP contribution in [0.3, 0.4) is 0 Å². The molecule has 3 aromatic rings. The van der Waals surface area contributed by atoms with Crippen molar-refractivity contribution in [1.29, 1.82) is 0 Å². The van der Waals surface area contributed by atoms with Gasteiger partial charge in [0.15, 0.2) is 11.5 Å². The van der Waals surface area contributed by atoms with E-state index in [0.29, 0.717) is 45.2 Å². The van der Waals surface area contributed by atoms with Gasteiger partial charge in [-0.3, -0.25) is 9.59 Å². The SMILES string of the molecule is COc1ccc(C(=O)N/C(=C\c2cccs2)C(=O)NCCSCc2ccc(Cl)cc2Cl)cc1OC. The third-order valence-electron chi connectivity index (χ3n) is 4.77. The van der Waals surface area contributed by atoms with Crippen LogP contribution in [0, 0.1) is 0 Å². The average Bonchev–Trinajstić information content (AvgIpc) is 3.37. The number of hydrogen-bond donors (Lipinski definition) is 2. The van der Waals surface area contributed by atoms with Crippen LogP contribution in [-0.2, 0) is 10.5 Å². The zero-order valence-corrected chi connectivity index (χ0v) is 22.2. The Kier molecular flexibility index (Phi) is 10.3. The highest BCUT2D eigenvalue weighted by atomic mass is 35.5. The molecule has 0 saturated heterocycles. The van der Waals surface area contributed by atoms with Gasteiger partial charge in [-0.2, -0.15) is 11.8 Å². The van der Waals surface area contributed by atoms with Crippen molar-refractivity contribution in [2.75, 3.05) is 26.5 Å². The number of amides is 2. The van der Waals surface area contributed by atoms with Crippen molar-refractivity contribution in [2.45, 2.75) is 5.75 Å². The molecule has 0 spiro atoms. The molecule has 0 fully saturated rings. The summed E-state index contributed by atoms with van der Waals surface area (Å²) in [6.07, 6.45) is 1.65. The van der Waals surface area contributed by atoms with E-state index in [2.05, 4.69) is 10.6 Å². The van der Waals surface area contributed by atoms with Crippen molar-refractivity contribution in [3.05, 3.63) is 85.7 Å². The largest absolute Gasteiger partial charge is 0.493 e. The molecular formula is C25H24Cl2N2O4S2. The van der Waals surface area contributed by atoms with Crippen LogP contribution < -0.4 is 20.1 Å². The lowest BCUT2D eigenvalue weighted by atomic mass is 10.1. The highest BCUT2D eigenvalue weighted by molar-refractivity contribution is 7.98. The number of rotatable bonds is 11. The third-order valence-corrected chi connectivity index (χ3v) is 7.19. The quantitative estimate of drug-likeness (QED) is 0.230. The number of thioether (sulfide) groups is 1. The number of hydrogen-bond acceptors (Lipinski definition) is 6. The number of thiophene rings is 1. The minimum atomic E-state index is -0.435. The van der Waals surface area contributed by atoms with Crippen LogP contribution in [0.1, 0.15) is 20.8 Å². The van der Waals surface area contributed by atoms with Crippen LogP contribution in [0.4, 0.5) is 0 Å². The highest BCUT2D eigenvalue weighted by Crippen LogP contribution is 2.28. The smallest absolute Gasteiger partial charge is 0.267 e. The molecule has 0 atom stereocenters. The van der Waals surface area contributed by atoms with Gasteiger partial charge < -0.3 is 20.1 Å². The van der Waals surface area contributed by atoms with Crippen molar-refractivity contribution in [3.63, 3.8) is 0 Å². The van der Waals surface area contributed by atoms with Gasteiger partial charge in [-0.1, -0.05) is 35.3 Å². The van der Waals surface area contributed by atoms with E-state index in [9.17, 15) is 9.59 Å². The minimum absolute atomic E-state index is 0.151. The van der Waals surface area contributed by atoms with E-state index < -0.39 is 5.91 Å². The molecule has 0 saturated carbocycles. The Bertz CT molecular complexity index is 1200. The Balaban J connectivity index is 1.61. The van der Waals surface area contributed by atoms with Crippen molar-refractivity contribution >= 4 is 64.2 Å². The molecule has 35 heavy (non-hydrogen) atoms. The van der Waals surface area contributed by atoms with Gasteiger partial charge in [0.25, 0.3) is 11.8 Å². The molecule has 10 heteroatoms. The van der Waals surface area contributed by atoms with Crippen molar-refractivity contribution in [3.8, 4) is 11.5 Å². The molecule has 6 nitrogen and oxygen atoms in total. The molecule has 2 aromatic carbocycles. The number of carbonyl (C=O) groups is 2. The molecule has 1 heterocycles. The first kappa shape index (κ1) is 26.9. The summed E-state index contributed by atoms with van der Waals surface area (Å²) in [5.74, 6) is 1.48. The van der Waals surface area contributed by atoms with E-state index in [0.717, 1.165) is 10.4 Å².